The summed E-state index contributed by atoms with van der Waals surface area (Å²) in [4.78, 5) is 0. The lowest BCUT2D eigenvalue weighted by molar-refractivity contribution is 0.275. The Balaban J connectivity index is 2.34. The predicted molar refractivity (Wildman–Crippen MR) is 80.8 cm³/mol. The Morgan fingerprint density at radius 1 is 1.05 bits per heavy atom. The molecule has 0 aromatic heterocycles. The van der Waals surface area contributed by atoms with Gasteiger partial charge in [-0.05, 0) is 42.7 Å². The molecule has 0 saturated heterocycles. The Bertz CT molecular complexity index is 548. The number of para-hydroxylation sites is 1. The molecule has 19 heavy (non-hydrogen) atoms. The van der Waals surface area contributed by atoms with Gasteiger partial charge >= 0.3 is 0 Å². The molecule has 0 aliphatic carbocycles. The molecule has 2 rings (SSSR count). The van der Waals surface area contributed by atoms with Crippen LogP contribution in [0.5, 0.6) is 0 Å². The third kappa shape index (κ3) is 3.09. The van der Waals surface area contributed by atoms with Crippen LogP contribution in [0.2, 0.25) is 5.02 Å². The fourth-order valence-corrected chi connectivity index (χ4v) is 2.54. The summed E-state index contributed by atoms with van der Waals surface area (Å²) < 4.78 is 0. The summed E-state index contributed by atoms with van der Waals surface area (Å²) in [6.45, 7) is 4.13. The number of rotatable bonds is 4. The van der Waals surface area contributed by atoms with E-state index >= 15 is 0 Å². The number of hydrogen-bond acceptors (Lipinski definition) is 2. The zero-order chi connectivity index (χ0) is 13.8. The number of anilines is 1. The Morgan fingerprint density at radius 3 is 2.26 bits per heavy atom. The molecule has 2 N–H and O–H groups in total. The fraction of sp³-hybridized carbons (Fsp3) is 0.250. The van der Waals surface area contributed by atoms with Crippen molar-refractivity contribution in [3.8, 4) is 0 Å². The topological polar surface area (TPSA) is 32.3 Å². The molecule has 0 heterocycles. The van der Waals surface area contributed by atoms with Gasteiger partial charge in [-0.3, -0.25) is 0 Å². The second kappa shape index (κ2) is 6.09. The van der Waals surface area contributed by atoms with E-state index in [1.807, 2.05) is 30.3 Å². The summed E-state index contributed by atoms with van der Waals surface area (Å²) >= 11 is 6.15. The molecule has 1 atom stereocenters. The number of hydrogen-bond donors (Lipinski definition) is 2. The van der Waals surface area contributed by atoms with Crippen molar-refractivity contribution in [2.45, 2.75) is 19.9 Å². The highest BCUT2D eigenvalue weighted by atomic mass is 35.5. The maximum atomic E-state index is 9.67. The standard InChI is InChI=1S/C16H18ClNO/c1-11-6-5-7-12(2)16(11)15(10-19)18-14-9-4-3-8-13(14)17/h3-9,15,18-19H,10H2,1-2H3. The van der Waals surface area contributed by atoms with Gasteiger partial charge in [-0.1, -0.05) is 41.9 Å². The van der Waals surface area contributed by atoms with E-state index in [0.717, 1.165) is 11.3 Å². The van der Waals surface area contributed by atoms with Crippen LogP contribution in [-0.4, -0.2) is 11.7 Å². The predicted octanol–water partition coefficient (Wildman–Crippen LogP) is 4.10. The molecule has 2 nitrogen and oxygen atoms in total. The highest BCUT2D eigenvalue weighted by Crippen LogP contribution is 2.28. The first-order valence-corrected chi connectivity index (χ1v) is 6.69. The van der Waals surface area contributed by atoms with Crippen LogP contribution in [0.25, 0.3) is 0 Å². The number of aliphatic hydroxyl groups excluding tert-OH is 1. The van der Waals surface area contributed by atoms with E-state index in [-0.39, 0.29) is 12.6 Å². The highest BCUT2D eigenvalue weighted by molar-refractivity contribution is 6.33. The van der Waals surface area contributed by atoms with Crippen LogP contribution >= 0.6 is 11.6 Å². The molecule has 0 aliphatic rings. The molecule has 1 unspecified atom stereocenters. The average molecular weight is 276 g/mol. The first-order valence-electron chi connectivity index (χ1n) is 6.31. The maximum Gasteiger partial charge on any atom is 0.0750 e. The Kier molecular flexibility index (Phi) is 4.46. The SMILES string of the molecule is Cc1cccc(C)c1C(CO)Nc1ccccc1Cl. The molecule has 0 amide bonds. The number of aliphatic hydroxyl groups is 1. The first kappa shape index (κ1) is 13.9. The molecule has 0 aliphatic heterocycles. The highest BCUT2D eigenvalue weighted by Gasteiger charge is 2.15. The molecule has 0 radical (unpaired) electrons. The molecule has 100 valence electrons. The molecule has 0 fully saturated rings. The van der Waals surface area contributed by atoms with Crippen LogP contribution in [0.4, 0.5) is 5.69 Å². The third-order valence-corrected chi connectivity index (χ3v) is 3.61. The van der Waals surface area contributed by atoms with Crippen LogP contribution in [0.3, 0.4) is 0 Å². The molecule has 0 bridgehead atoms. The molecule has 2 aromatic rings. The Morgan fingerprint density at radius 2 is 1.68 bits per heavy atom. The molecule has 3 heteroatoms. The lowest BCUT2D eigenvalue weighted by atomic mass is 9.96. The summed E-state index contributed by atoms with van der Waals surface area (Å²) in [5.41, 5.74) is 4.30. The fourth-order valence-electron chi connectivity index (χ4n) is 2.35. The van der Waals surface area contributed by atoms with Gasteiger partial charge in [-0.2, -0.15) is 0 Å². The largest absolute Gasteiger partial charge is 0.394 e. The first-order chi connectivity index (χ1) is 9.13. The van der Waals surface area contributed by atoms with Gasteiger partial charge in [0.1, 0.15) is 0 Å². The van der Waals surface area contributed by atoms with Crippen molar-refractivity contribution in [3.63, 3.8) is 0 Å². The van der Waals surface area contributed by atoms with Gasteiger partial charge in [-0.15, -0.1) is 0 Å². The lowest BCUT2D eigenvalue weighted by Gasteiger charge is -2.22. The minimum Gasteiger partial charge on any atom is -0.394 e. The third-order valence-electron chi connectivity index (χ3n) is 3.28. The van der Waals surface area contributed by atoms with Gasteiger partial charge in [0.2, 0.25) is 0 Å². The molecule has 0 spiro atoms. The van der Waals surface area contributed by atoms with Crippen LogP contribution in [0, 0.1) is 13.8 Å². The monoisotopic (exact) mass is 275 g/mol. The van der Waals surface area contributed by atoms with Crippen molar-refractivity contribution >= 4 is 17.3 Å². The Labute approximate surface area is 119 Å². The zero-order valence-corrected chi connectivity index (χ0v) is 11.9. The smallest absolute Gasteiger partial charge is 0.0750 e. The number of benzene rings is 2. The van der Waals surface area contributed by atoms with Crippen LogP contribution in [-0.2, 0) is 0 Å². The van der Waals surface area contributed by atoms with Gasteiger partial charge in [0.15, 0.2) is 0 Å². The van der Waals surface area contributed by atoms with Gasteiger partial charge in [0.05, 0.1) is 23.4 Å². The van der Waals surface area contributed by atoms with Crippen molar-refractivity contribution in [1.29, 1.82) is 0 Å². The second-order valence-electron chi connectivity index (χ2n) is 4.66. The van der Waals surface area contributed by atoms with Gasteiger partial charge in [-0.25, -0.2) is 0 Å². The van der Waals surface area contributed by atoms with Crippen molar-refractivity contribution in [3.05, 3.63) is 64.2 Å². The van der Waals surface area contributed by atoms with Gasteiger partial charge in [0.25, 0.3) is 0 Å². The molecule has 0 saturated carbocycles. The summed E-state index contributed by atoms with van der Waals surface area (Å²) in [5, 5.41) is 13.6. The van der Waals surface area contributed by atoms with E-state index in [0.29, 0.717) is 5.02 Å². The number of nitrogens with one attached hydrogen (secondary N) is 1. The Hall–Kier alpha value is -1.51. The summed E-state index contributed by atoms with van der Waals surface area (Å²) in [6, 6.07) is 13.5. The maximum absolute atomic E-state index is 9.67. The van der Waals surface area contributed by atoms with Crippen LogP contribution < -0.4 is 5.32 Å². The molecular weight excluding hydrogens is 258 g/mol. The van der Waals surface area contributed by atoms with E-state index in [1.54, 1.807) is 0 Å². The minimum absolute atomic E-state index is 0.0247. The zero-order valence-electron chi connectivity index (χ0n) is 11.2. The normalized spacial score (nSPS) is 12.2. The quantitative estimate of drug-likeness (QED) is 0.880. The second-order valence-corrected chi connectivity index (χ2v) is 5.07. The summed E-state index contributed by atoms with van der Waals surface area (Å²) in [7, 11) is 0. The van der Waals surface area contributed by atoms with Crippen LogP contribution in [0.15, 0.2) is 42.5 Å². The average Bonchev–Trinajstić information content (AvgIpc) is 2.39. The van der Waals surface area contributed by atoms with Crippen molar-refractivity contribution in [2.75, 3.05) is 11.9 Å². The van der Waals surface area contributed by atoms with Crippen LogP contribution in [0.1, 0.15) is 22.7 Å². The van der Waals surface area contributed by atoms with Crippen molar-refractivity contribution in [1.82, 2.24) is 0 Å². The lowest BCUT2D eigenvalue weighted by Crippen LogP contribution is -2.17. The molecular formula is C16H18ClNO. The van der Waals surface area contributed by atoms with E-state index in [4.69, 9.17) is 11.6 Å². The van der Waals surface area contributed by atoms with Crippen molar-refractivity contribution in [2.24, 2.45) is 0 Å². The number of halogens is 1. The number of aryl methyl sites for hydroxylation is 2. The van der Waals surface area contributed by atoms with E-state index in [2.05, 4.69) is 31.3 Å². The van der Waals surface area contributed by atoms with Gasteiger partial charge < -0.3 is 10.4 Å². The molecule has 2 aromatic carbocycles. The van der Waals surface area contributed by atoms with E-state index in [9.17, 15) is 5.11 Å². The minimum atomic E-state index is -0.152. The summed E-state index contributed by atoms with van der Waals surface area (Å²) in [6.07, 6.45) is 0. The van der Waals surface area contributed by atoms with E-state index in [1.165, 1.54) is 11.1 Å². The van der Waals surface area contributed by atoms with Gasteiger partial charge in [0, 0.05) is 0 Å². The summed E-state index contributed by atoms with van der Waals surface area (Å²) in [5.74, 6) is 0. The van der Waals surface area contributed by atoms with Crippen molar-refractivity contribution < 1.29 is 5.11 Å². The van der Waals surface area contributed by atoms with E-state index < -0.39 is 0 Å².